The van der Waals surface area contributed by atoms with Crippen molar-refractivity contribution in [1.29, 1.82) is 0 Å². The topological polar surface area (TPSA) is 98.6 Å². The van der Waals surface area contributed by atoms with E-state index in [1.807, 2.05) is 42.5 Å². The van der Waals surface area contributed by atoms with Crippen LogP contribution in [0.4, 0.5) is 0 Å². The van der Waals surface area contributed by atoms with Gasteiger partial charge in [0.2, 0.25) is 12.7 Å². The highest BCUT2D eigenvalue weighted by atomic mass is 35.5. The van der Waals surface area contributed by atoms with E-state index in [0.717, 1.165) is 11.1 Å². The molecule has 1 N–H and O–H groups in total. The van der Waals surface area contributed by atoms with Gasteiger partial charge in [0.25, 0.3) is 5.91 Å². The predicted molar refractivity (Wildman–Crippen MR) is 129 cm³/mol. The zero-order chi connectivity index (χ0) is 23.9. The van der Waals surface area contributed by atoms with E-state index < -0.39 is 0 Å². The molecule has 0 bridgehead atoms. The van der Waals surface area contributed by atoms with Crippen LogP contribution in [0.5, 0.6) is 11.5 Å². The lowest BCUT2D eigenvalue weighted by Gasteiger charge is -2.27. The standard InChI is InChI=1S/C25H20ClN5O4/c26-17-4-1-15(2-5-17)12-31-24-19(11-28-31)18(25(33)30-8-7-27-23(32)13-30)10-20(29-24)16-3-6-21-22(9-16)35-14-34-21/h1-6,9-11H,7-8,12-14H2,(H,27,32). The van der Waals surface area contributed by atoms with Crippen LogP contribution >= 0.6 is 11.6 Å². The predicted octanol–water partition coefficient (Wildman–Crippen LogP) is 3.10. The van der Waals surface area contributed by atoms with Crippen LogP contribution in [0.1, 0.15) is 15.9 Å². The van der Waals surface area contributed by atoms with Crippen LogP contribution in [-0.4, -0.2) is 57.9 Å². The van der Waals surface area contributed by atoms with Crippen LogP contribution in [0, 0.1) is 0 Å². The first-order valence-electron chi connectivity index (χ1n) is 11.1. The highest BCUT2D eigenvalue weighted by molar-refractivity contribution is 6.30. The Morgan fingerprint density at radius 2 is 1.91 bits per heavy atom. The number of halogens is 1. The van der Waals surface area contributed by atoms with Crippen molar-refractivity contribution in [2.75, 3.05) is 26.4 Å². The summed E-state index contributed by atoms with van der Waals surface area (Å²) in [5.41, 5.74) is 3.38. The lowest BCUT2D eigenvalue weighted by atomic mass is 10.0. The van der Waals surface area contributed by atoms with E-state index in [4.69, 9.17) is 26.1 Å². The maximum atomic E-state index is 13.6. The number of hydrogen-bond donors (Lipinski definition) is 1. The van der Waals surface area contributed by atoms with Crippen LogP contribution in [0.15, 0.2) is 54.7 Å². The summed E-state index contributed by atoms with van der Waals surface area (Å²) in [5, 5.41) is 8.57. The molecular formula is C25H20ClN5O4. The first-order chi connectivity index (χ1) is 17.0. The van der Waals surface area contributed by atoms with Crippen molar-refractivity contribution >= 4 is 34.4 Å². The Balaban J connectivity index is 1.47. The molecule has 0 unspecified atom stereocenters. The Morgan fingerprint density at radius 1 is 1.09 bits per heavy atom. The molecule has 35 heavy (non-hydrogen) atoms. The minimum Gasteiger partial charge on any atom is -0.454 e. The normalized spacial score (nSPS) is 14.9. The number of aromatic nitrogens is 3. The number of rotatable bonds is 4. The number of nitrogens with zero attached hydrogens (tertiary/aromatic N) is 4. The maximum absolute atomic E-state index is 13.6. The molecule has 0 spiro atoms. The summed E-state index contributed by atoms with van der Waals surface area (Å²) < 4.78 is 12.7. The fourth-order valence-corrected chi connectivity index (χ4v) is 4.42. The number of fused-ring (bicyclic) bond motifs is 2. The second-order valence-corrected chi connectivity index (χ2v) is 8.80. The van der Waals surface area contributed by atoms with E-state index >= 15 is 0 Å². The molecule has 10 heteroatoms. The number of piperazine rings is 1. The molecule has 2 aliphatic rings. The number of benzene rings is 2. The minimum absolute atomic E-state index is 0.0148. The number of carbonyl (C=O) groups is 2. The Morgan fingerprint density at radius 3 is 2.74 bits per heavy atom. The molecule has 2 aromatic carbocycles. The third-order valence-corrected chi connectivity index (χ3v) is 6.33. The maximum Gasteiger partial charge on any atom is 0.255 e. The van der Waals surface area contributed by atoms with E-state index in [1.54, 1.807) is 21.8 Å². The quantitative estimate of drug-likeness (QED) is 0.473. The number of ether oxygens (including phenoxy) is 2. The van der Waals surface area contributed by atoms with Gasteiger partial charge >= 0.3 is 0 Å². The SMILES string of the molecule is O=C1CN(C(=O)c2cc(-c3ccc4c(c3)OCO4)nc3c2cnn3Cc2ccc(Cl)cc2)CCN1. The molecule has 0 saturated carbocycles. The highest BCUT2D eigenvalue weighted by Crippen LogP contribution is 2.36. The van der Waals surface area contributed by atoms with Gasteiger partial charge in [-0.3, -0.25) is 9.59 Å². The van der Waals surface area contributed by atoms with E-state index in [2.05, 4.69) is 10.4 Å². The summed E-state index contributed by atoms with van der Waals surface area (Å²) in [4.78, 5) is 31.9. The van der Waals surface area contributed by atoms with Crippen molar-refractivity contribution < 1.29 is 19.1 Å². The highest BCUT2D eigenvalue weighted by Gasteiger charge is 2.26. The molecule has 6 rings (SSSR count). The largest absolute Gasteiger partial charge is 0.454 e. The van der Waals surface area contributed by atoms with Gasteiger partial charge in [0.1, 0.15) is 0 Å². The molecular weight excluding hydrogens is 470 g/mol. The number of nitrogens with one attached hydrogen (secondary N) is 1. The minimum atomic E-state index is -0.236. The second kappa shape index (κ2) is 8.59. The van der Waals surface area contributed by atoms with Crippen molar-refractivity contribution in [2.24, 2.45) is 0 Å². The molecule has 2 amide bonds. The van der Waals surface area contributed by atoms with Gasteiger partial charge < -0.3 is 19.7 Å². The molecule has 2 aliphatic heterocycles. The molecule has 4 heterocycles. The number of amides is 2. The first kappa shape index (κ1) is 21.4. The third kappa shape index (κ3) is 4.04. The number of carbonyl (C=O) groups excluding carboxylic acids is 2. The van der Waals surface area contributed by atoms with Crippen molar-refractivity contribution in [1.82, 2.24) is 25.0 Å². The first-order valence-corrected chi connectivity index (χ1v) is 11.5. The molecule has 4 aromatic rings. The molecule has 0 radical (unpaired) electrons. The third-order valence-electron chi connectivity index (χ3n) is 6.08. The summed E-state index contributed by atoms with van der Waals surface area (Å²) in [7, 11) is 0. The van der Waals surface area contributed by atoms with Gasteiger partial charge in [-0.1, -0.05) is 23.7 Å². The lowest BCUT2D eigenvalue weighted by Crippen LogP contribution is -2.50. The van der Waals surface area contributed by atoms with Gasteiger partial charge in [-0.25, -0.2) is 9.67 Å². The molecule has 1 fully saturated rings. The molecule has 0 aliphatic carbocycles. The number of pyridine rings is 1. The molecule has 176 valence electrons. The zero-order valence-electron chi connectivity index (χ0n) is 18.5. The molecule has 9 nitrogen and oxygen atoms in total. The van der Waals surface area contributed by atoms with E-state index in [0.29, 0.717) is 58.4 Å². The Hall–Kier alpha value is -4.11. The Labute approximate surface area is 205 Å². The van der Waals surface area contributed by atoms with Gasteiger partial charge in [0.15, 0.2) is 17.1 Å². The van der Waals surface area contributed by atoms with Crippen LogP contribution in [-0.2, 0) is 11.3 Å². The summed E-state index contributed by atoms with van der Waals surface area (Å²) in [6.45, 7) is 1.50. The average Bonchev–Trinajstić information content (AvgIpc) is 3.51. The average molecular weight is 490 g/mol. The van der Waals surface area contributed by atoms with Crippen molar-refractivity contribution in [3.63, 3.8) is 0 Å². The van der Waals surface area contributed by atoms with E-state index in [1.165, 1.54) is 0 Å². The van der Waals surface area contributed by atoms with E-state index in [-0.39, 0.29) is 25.2 Å². The molecule has 0 atom stereocenters. The summed E-state index contributed by atoms with van der Waals surface area (Å²) >= 11 is 6.03. The van der Waals surface area contributed by atoms with Crippen molar-refractivity contribution in [3.8, 4) is 22.8 Å². The van der Waals surface area contributed by atoms with Gasteiger partial charge in [0, 0.05) is 23.7 Å². The Kier molecular flexibility index (Phi) is 5.26. The summed E-state index contributed by atoms with van der Waals surface area (Å²) in [6, 6.07) is 14.8. The van der Waals surface area contributed by atoms with Crippen LogP contribution in [0.25, 0.3) is 22.3 Å². The Bertz CT molecular complexity index is 1470. The van der Waals surface area contributed by atoms with Crippen LogP contribution in [0.3, 0.4) is 0 Å². The van der Waals surface area contributed by atoms with Gasteiger partial charge in [-0.05, 0) is 42.0 Å². The zero-order valence-corrected chi connectivity index (χ0v) is 19.3. The molecule has 2 aromatic heterocycles. The van der Waals surface area contributed by atoms with Crippen molar-refractivity contribution in [2.45, 2.75) is 6.54 Å². The van der Waals surface area contributed by atoms with Crippen LogP contribution in [0.2, 0.25) is 5.02 Å². The van der Waals surface area contributed by atoms with Gasteiger partial charge in [-0.2, -0.15) is 5.10 Å². The summed E-state index contributed by atoms with van der Waals surface area (Å²) in [6.07, 6.45) is 1.65. The smallest absolute Gasteiger partial charge is 0.255 e. The number of hydrogen-bond acceptors (Lipinski definition) is 6. The fourth-order valence-electron chi connectivity index (χ4n) is 4.29. The lowest BCUT2D eigenvalue weighted by molar-refractivity contribution is -0.123. The van der Waals surface area contributed by atoms with Crippen molar-refractivity contribution in [3.05, 3.63) is 70.9 Å². The van der Waals surface area contributed by atoms with Crippen LogP contribution < -0.4 is 14.8 Å². The summed E-state index contributed by atoms with van der Waals surface area (Å²) in [5.74, 6) is 0.877. The van der Waals surface area contributed by atoms with E-state index in [9.17, 15) is 9.59 Å². The van der Waals surface area contributed by atoms with Gasteiger partial charge in [0.05, 0.1) is 35.9 Å². The van der Waals surface area contributed by atoms with Gasteiger partial charge in [-0.15, -0.1) is 0 Å². The fraction of sp³-hybridized carbons (Fsp3) is 0.200. The monoisotopic (exact) mass is 489 g/mol. The second-order valence-electron chi connectivity index (χ2n) is 8.37. The molecule has 1 saturated heterocycles.